The Bertz CT molecular complexity index is 1290. The molecule has 5 aromatic rings. The summed E-state index contributed by atoms with van der Waals surface area (Å²) < 4.78 is 1.58. The second kappa shape index (κ2) is 6.67. The molecule has 0 atom stereocenters. The Hall–Kier alpha value is -3.92. The van der Waals surface area contributed by atoms with Gasteiger partial charge in [0.05, 0.1) is 11.0 Å². The first-order valence-electron chi connectivity index (χ1n) is 9.13. The largest absolute Gasteiger partial charge is 0.352 e. The zero-order chi connectivity index (χ0) is 18.9. The van der Waals surface area contributed by atoms with E-state index in [2.05, 4.69) is 40.2 Å². The molecule has 2 heterocycles. The van der Waals surface area contributed by atoms with Crippen LogP contribution >= 0.6 is 0 Å². The van der Waals surface area contributed by atoms with Crippen molar-refractivity contribution in [3.63, 3.8) is 0 Å². The van der Waals surface area contributed by atoms with Crippen LogP contribution in [0.1, 0.15) is 0 Å². The molecule has 0 saturated heterocycles. The lowest BCUT2D eigenvalue weighted by atomic mass is 10.1. The van der Waals surface area contributed by atoms with E-state index in [-0.39, 0.29) is 5.69 Å². The van der Waals surface area contributed by atoms with Crippen LogP contribution in [0, 0.1) is 0 Å². The molecule has 2 aromatic heterocycles. The molecule has 0 spiro atoms. The van der Waals surface area contributed by atoms with Gasteiger partial charge in [0.2, 0.25) is 0 Å². The van der Waals surface area contributed by atoms with Gasteiger partial charge in [0.25, 0.3) is 0 Å². The molecule has 0 aliphatic rings. The SMILES string of the molecule is O=c1nc2cc(N(c3ccccc3)c3ccccc3)ccc2c2ccccn12. The maximum atomic E-state index is 12.5. The Morgan fingerprint density at radius 1 is 0.679 bits per heavy atom. The lowest BCUT2D eigenvalue weighted by Crippen LogP contribution is -2.17. The molecule has 4 nitrogen and oxygen atoms in total. The number of aromatic nitrogens is 2. The first-order chi connectivity index (χ1) is 13.8. The van der Waals surface area contributed by atoms with Gasteiger partial charge in [-0.15, -0.1) is 0 Å². The van der Waals surface area contributed by atoms with E-state index in [1.165, 1.54) is 0 Å². The smallest absolute Gasteiger partial charge is 0.310 e. The number of nitrogens with zero attached hydrogens (tertiary/aromatic N) is 3. The molecule has 0 bridgehead atoms. The third-order valence-corrected chi connectivity index (χ3v) is 4.83. The van der Waals surface area contributed by atoms with Gasteiger partial charge in [0, 0.05) is 28.6 Å². The van der Waals surface area contributed by atoms with Crippen molar-refractivity contribution in [2.75, 3.05) is 4.90 Å². The molecule has 0 aliphatic carbocycles. The van der Waals surface area contributed by atoms with E-state index in [4.69, 9.17) is 0 Å². The van der Waals surface area contributed by atoms with E-state index in [9.17, 15) is 4.79 Å². The van der Waals surface area contributed by atoms with Gasteiger partial charge in [-0.1, -0.05) is 42.5 Å². The fourth-order valence-electron chi connectivity index (χ4n) is 3.56. The summed E-state index contributed by atoms with van der Waals surface area (Å²) >= 11 is 0. The molecule has 0 saturated carbocycles. The summed E-state index contributed by atoms with van der Waals surface area (Å²) in [5.74, 6) is 0. The van der Waals surface area contributed by atoms with Gasteiger partial charge in [0.1, 0.15) is 0 Å². The Morgan fingerprint density at radius 2 is 1.32 bits per heavy atom. The van der Waals surface area contributed by atoms with E-state index in [0.29, 0.717) is 5.52 Å². The fourth-order valence-corrected chi connectivity index (χ4v) is 3.56. The van der Waals surface area contributed by atoms with Crippen LogP contribution in [0.5, 0.6) is 0 Å². The number of benzene rings is 3. The summed E-state index contributed by atoms with van der Waals surface area (Å²) in [5.41, 5.74) is 4.32. The average Bonchev–Trinajstić information content (AvgIpc) is 2.76. The van der Waals surface area contributed by atoms with Gasteiger partial charge in [-0.3, -0.25) is 4.40 Å². The van der Waals surface area contributed by atoms with Crippen LogP contribution in [0.25, 0.3) is 16.4 Å². The molecule has 0 N–H and O–H groups in total. The van der Waals surface area contributed by atoms with Crippen LogP contribution in [0.4, 0.5) is 17.1 Å². The van der Waals surface area contributed by atoms with Crippen LogP contribution in [-0.4, -0.2) is 9.38 Å². The molecule has 0 radical (unpaired) electrons. The highest BCUT2D eigenvalue weighted by molar-refractivity contribution is 5.96. The second-order valence-corrected chi connectivity index (χ2v) is 6.56. The zero-order valence-electron chi connectivity index (χ0n) is 15.1. The highest BCUT2D eigenvalue weighted by atomic mass is 16.1. The van der Waals surface area contributed by atoms with Crippen LogP contribution in [-0.2, 0) is 0 Å². The van der Waals surface area contributed by atoms with Gasteiger partial charge in [-0.05, 0) is 54.6 Å². The number of para-hydroxylation sites is 2. The van der Waals surface area contributed by atoms with Gasteiger partial charge < -0.3 is 4.90 Å². The zero-order valence-corrected chi connectivity index (χ0v) is 15.1. The van der Waals surface area contributed by atoms with Crippen LogP contribution in [0.3, 0.4) is 0 Å². The molecule has 0 unspecified atom stereocenters. The summed E-state index contributed by atoms with van der Waals surface area (Å²) in [5, 5.41) is 0.949. The number of anilines is 3. The molecule has 0 fully saturated rings. The van der Waals surface area contributed by atoms with E-state index in [0.717, 1.165) is 28.0 Å². The monoisotopic (exact) mass is 363 g/mol. The van der Waals surface area contributed by atoms with Crippen molar-refractivity contribution in [3.05, 3.63) is 114 Å². The van der Waals surface area contributed by atoms with Gasteiger partial charge in [0.15, 0.2) is 0 Å². The minimum Gasteiger partial charge on any atom is -0.310 e. The summed E-state index contributed by atoms with van der Waals surface area (Å²) in [7, 11) is 0. The predicted octanol–water partition coefficient (Wildman–Crippen LogP) is 5.32. The van der Waals surface area contributed by atoms with E-state index in [1.54, 1.807) is 10.6 Å². The van der Waals surface area contributed by atoms with Crippen molar-refractivity contribution < 1.29 is 0 Å². The van der Waals surface area contributed by atoms with Gasteiger partial charge >= 0.3 is 5.69 Å². The standard InChI is InChI=1S/C24H17N3O/c28-24-25-22-17-20(14-15-21(22)23-13-7-8-16-26(23)24)27(18-9-3-1-4-10-18)19-11-5-2-6-12-19/h1-17H. The minimum atomic E-state index is -0.272. The van der Waals surface area contributed by atoms with Gasteiger partial charge in [-0.2, -0.15) is 4.98 Å². The molecular weight excluding hydrogens is 346 g/mol. The summed E-state index contributed by atoms with van der Waals surface area (Å²) in [6, 6.07) is 32.1. The lowest BCUT2D eigenvalue weighted by Gasteiger charge is -2.25. The molecule has 28 heavy (non-hydrogen) atoms. The number of hydrogen-bond donors (Lipinski definition) is 0. The average molecular weight is 363 g/mol. The first kappa shape index (κ1) is 16.3. The van der Waals surface area contributed by atoms with E-state index in [1.807, 2.05) is 66.7 Å². The van der Waals surface area contributed by atoms with Crippen LogP contribution in [0.15, 0.2) is 108 Å². The summed E-state index contributed by atoms with van der Waals surface area (Å²) in [4.78, 5) is 18.9. The third-order valence-electron chi connectivity index (χ3n) is 4.83. The minimum absolute atomic E-state index is 0.272. The number of fused-ring (bicyclic) bond motifs is 3. The fraction of sp³-hybridized carbons (Fsp3) is 0. The number of pyridine rings is 1. The molecule has 3 aromatic carbocycles. The Balaban J connectivity index is 1.76. The maximum Gasteiger partial charge on any atom is 0.352 e. The molecular formula is C24H17N3O. The van der Waals surface area contributed by atoms with Crippen molar-refractivity contribution in [2.45, 2.75) is 0 Å². The van der Waals surface area contributed by atoms with E-state index >= 15 is 0 Å². The summed E-state index contributed by atoms with van der Waals surface area (Å²) in [6.07, 6.45) is 1.75. The first-order valence-corrected chi connectivity index (χ1v) is 9.13. The van der Waals surface area contributed by atoms with Gasteiger partial charge in [-0.25, -0.2) is 4.79 Å². The maximum absolute atomic E-state index is 12.5. The van der Waals surface area contributed by atoms with Crippen molar-refractivity contribution in [3.8, 4) is 0 Å². The lowest BCUT2D eigenvalue weighted by molar-refractivity contribution is 1.02. The molecule has 0 aliphatic heterocycles. The van der Waals surface area contributed by atoms with Crippen LogP contribution < -0.4 is 10.6 Å². The number of hydrogen-bond acceptors (Lipinski definition) is 3. The van der Waals surface area contributed by atoms with Crippen molar-refractivity contribution in [1.82, 2.24) is 9.38 Å². The summed E-state index contributed by atoms with van der Waals surface area (Å²) in [6.45, 7) is 0. The molecule has 4 heteroatoms. The van der Waals surface area contributed by atoms with Crippen molar-refractivity contribution >= 4 is 33.5 Å². The quantitative estimate of drug-likeness (QED) is 0.407. The Labute approximate surface area is 161 Å². The third kappa shape index (κ3) is 2.72. The predicted molar refractivity (Wildman–Crippen MR) is 114 cm³/mol. The second-order valence-electron chi connectivity index (χ2n) is 6.56. The van der Waals surface area contributed by atoms with Crippen molar-refractivity contribution in [2.24, 2.45) is 0 Å². The highest BCUT2D eigenvalue weighted by Gasteiger charge is 2.13. The van der Waals surface area contributed by atoms with E-state index < -0.39 is 0 Å². The highest BCUT2D eigenvalue weighted by Crippen LogP contribution is 2.35. The normalized spacial score (nSPS) is 11.0. The Morgan fingerprint density at radius 3 is 2.00 bits per heavy atom. The molecule has 0 amide bonds. The molecule has 134 valence electrons. The van der Waals surface area contributed by atoms with Crippen LogP contribution in [0.2, 0.25) is 0 Å². The topological polar surface area (TPSA) is 37.6 Å². The van der Waals surface area contributed by atoms with Crippen molar-refractivity contribution in [1.29, 1.82) is 0 Å². The molecule has 5 rings (SSSR count). The number of rotatable bonds is 3. The Kier molecular flexibility index (Phi) is 3.87.